The van der Waals surface area contributed by atoms with Crippen molar-refractivity contribution in [2.75, 3.05) is 5.75 Å². The van der Waals surface area contributed by atoms with Crippen LogP contribution in [0.3, 0.4) is 0 Å². The number of hydrogen-bond acceptors (Lipinski definition) is 4. The maximum absolute atomic E-state index is 11.9. The van der Waals surface area contributed by atoms with Crippen molar-refractivity contribution >= 4 is 34.9 Å². The van der Waals surface area contributed by atoms with E-state index in [-0.39, 0.29) is 5.91 Å². The fraction of sp³-hybridized carbons (Fsp3) is 0.188. The van der Waals surface area contributed by atoms with E-state index >= 15 is 0 Å². The second-order valence-electron chi connectivity index (χ2n) is 4.91. The summed E-state index contributed by atoms with van der Waals surface area (Å²) in [4.78, 5) is 20.2. The average molecular weight is 347 g/mol. The number of rotatable bonds is 6. The van der Waals surface area contributed by atoms with E-state index in [1.165, 1.54) is 0 Å². The number of carbonyl (C=O) groups excluding carboxylic acids is 1. The molecule has 0 aliphatic rings. The molecule has 2 aromatic heterocycles. The van der Waals surface area contributed by atoms with Gasteiger partial charge < -0.3 is 5.32 Å². The Morgan fingerprint density at radius 1 is 1.30 bits per heavy atom. The zero-order valence-corrected chi connectivity index (χ0v) is 13.8. The number of imidazole rings is 1. The molecule has 0 saturated carbocycles. The van der Waals surface area contributed by atoms with Crippen molar-refractivity contribution in [3.63, 3.8) is 0 Å². The summed E-state index contributed by atoms with van der Waals surface area (Å²) in [5.41, 5.74) is 2.73. The van der Waals surface area contributed by atoms with Crippen molar-refractivity contribution < 1.29 is 4.79 Å². The highest BCUT2D eigenvalue weighted by Gasteiger charge is 2.06. The average Bonchev–Trinajstić information content (AvgIpc) is 2.98. The first kappa shape index (κ1) is 15.8. The lowest BCUT2D eigenvalue weighted by molar-refractivity contribution is -0.118. The third-order valence-corrected chi connectivity index (χ3v) is 4.66. The van der Waals surface area contributed by atoms with E-state index in [0.717, 1.165) is 21.9 Å². The molecule has 0 aliphatic heterocycles. The molecule has 7 heteroatoms. The number of benzene rings is 1. The minimum atomic E-state index is -0.00828. The second kappa shape index (κ2) is 7.48. The quantitative estimate of drug-likeness (QED) is 0.745. The van der Waals surface area contributed by atoms with E-state index in [1.54, 1.807) is 30.4 Å². The number of nitrogens with one attached hydrogen (secondary N) is 1. The van der Waals surface area contributed by atoms with Crippen LogP contribution in [0.15, 0.2) is 49.1 Å². The molecule has 2 heterocycles. The summed E-state index contributed by atoms with van der Waals surface area (Å²) in [6.45, 7) is 0.441. The van der Waals surface area contributed by atoms with Gasteiger partial charge in [0, 0.05) is 23.2 Å². The topological polar surface area (TPSA) is 59.3 Å². The SMILES string of the molecule is O=C(CSCc1ccccc1Cl)NCc1cnc2cnccn12. The Morgan fingerprint density at radius 2 is 2.17 bits per heavy atom. The molecule has 1 N–H and O–H groups in total. The van der Waals surface area contributed by atoms with Crippen molar-refractivity contribution in [2.24, 2.45) is 0 Å². The van der Waals surface area contributed by atoms with Crippen LogP contribution in [-0.4, -0.2) is 26.0 Å². The molecular weight excluding hydrogens is 332 g/mol. The Kier molecular flexibility index (Phi) is 5.15. The summed E-state index contributed by atoms with van der Waals surface area (Å²) in [5.74, 6) is 1.10. The van der Waals surface area contributed by atoms with Crippen LogP contribution in [0.1, 0.15) is 11.3 Å². The van der Waals surface area contributed by atoms with E-state index in [2.05, 4.69) is 15.3 Å². The molecule has 0 unspecified atom stereocenters. The first-order valence-corrected chi connectivity index (χ1v) is 8.61. The van der Waals surface area contributed by atoms with Crippen molar-refractivity contribution in [3.8, 4) is 0 Å². The van der Waals surface area contributed by atoms with Gasteiger partial charge in [0.15, 0.2) is 5.65 Å². The smallest absolute Gasteiger partial charge is 0.230 e. The van der Waals surface area contributed by atoms with E-state index < -0.39 is 0 Å². The fourth-order valence-corrected chi connectivity index (χ4v) is 3.28. The molecule has 0 bridgehead atoms. The molecular formula is C16H15ClN4OS. The molecule has 5 nitrogen and oxygen atoms in total. The molecule has 23 heavy (non-hydrogen) atoms. The van der Waals surface area contributed by atoms with Gasteiger partial charge in [-0.05, 0) is 11.6 Å². The first-order valence-electron chi connectivity index (χ1n) is 7.08. The molecule has 0 aliphatic carbocycles. The zero-order chi connectivity index (χ0) is 16.1. The zero-order valence-electron chi connectivity index (χ0n) is 12.3. The van der Waals surface area contributed by atoms with E-state index in [9.17, 15) is 4.79 Å². The molecule has 0 radical (unpaired) electrons. The van der Waals surface area contributed by atoms with Gasteiger partial charge in [-0.2, -0.15) is 0 Å². The molecule has 1 amide bonds. The summed E-state index contributed by atoms with van der Waals surface area (Å²) in [5, 5.41) is 3.64. The Hall–Kier alpha value is -2.05. The van der Waals surface area contributed by atoms with Gasteiger partial charge in [-0.3, -0.25) is 14.2 Å². The van der Waals surface area contributed by atoms with Crippen molar-refractivity contribution in [3.05, 3.63) is 65.3 Å². The van der Waals surface area contributed by atoms with E-state index in [4.69, 9.17) is 11.6 Å². The minimum Gasteiger partial charge on any atom is -0.350 e. The van der Waals surface area contributed by atoms with Gasteiger partial charge in [0.25, 0.3) is 0 Å². The predicted molar refractivity (Wildman–Crippen MR) is 92.4 cm³/mol. The van der Waals surface area contributed by atoms with Crippen LogP contribution in [0.25, 0.3) is 5.65 Å². The first-order chi connectivity index (χ1) is 11.2. The van der Waals surface area contributed by atoms with Gasteiger partial charge in [0.05, 0.1) is 30.4 Å². The Morgan fingerprint density at radius 3 is 3.04 bits per heavy atom. The number of nitrogens with zero attached hydrogens (tertiary/aromatic N) is 3. The van der Waals surface area contributed by atoms with Crippen molar-refractivity contribution in [2.45, 2.75) is 12.3 Å². The summed E-state index contributed by atoms with van der Waals surface area (Å²) in [7, 11) is 0. The molecule has 0 spiro atoms. The molecule has 118 valence electrons. The number of thioether (sulfide) groups is 1. The highest BCUT2D eigenvalue weighted by atomic mass is 35.5. The molecule has 0 saturated heterocycles. The number of aromatic nitrogens is 3. The van der Waals surface area contributed by atoms with Gasteiger partial charge in [-0.25, -0.2) is 4.98 Å². The van der Waals surface area contributed by atoms with Crippen LogP contribution < -0.4 is 5.32 Å². The number of halogens is 1. The standard InChI is InChI=1S/C16H15ClN4OS/c17-14-4-2-1-3-12(14)10-23-11-16(22)20-8-13-7-19-15-9-18-5-6-21(13)15/h1-7,9H,8,10-11H2,(H,20,22). The highest BCUT2D eigenvalue weighted by molar-refractivity contribution is 7.99. The Labute approximate surface area is 143 Å². The lowest BCUT2D eigenvalue weighted by Gasteiger charge is -2.06. The largest absolute Gasteiger partial charge is 0.350 e. The lowest BCUT2D eigenvalue weighted by atomic mass is 10.2. The minimum absolute atomic E-state index is 0.00828. The lowest BCUT2D eigenvalue weighted by Crippen LogP contribution is -2.25. The Balaban J connectivity index is 1.47. The maximum atomic E-state index is 11.9. The number of carbonyl (C=O) groups is 1. The summed E-state index contributed by atoms with van der Waals surface area (Å²) < 4.78 is 1.91. The highest BCUT2D eigenvalue weighted by Crippen LogP contribution is 2.20. The van der Waals surface area contributed by atoms with Crippen LogP contribution >= 0.6 is 23.4 Å². The van der Waals surface area contributed by atoms with Crippen LogP contribution in [0.2, 0.25) is 5.02 Å². The summed E-state index contributed by atoms with van der Waals surface area (Å²) >= 11 is 7.64. The third-order valence-electron chi connectivity index (χ3n) is 3.31. The van der Waals surface area contributed by atoms with E-state index in [1.807, 2.05) is 34.9 Å². The second-order valence-corrected chi connectivity index (χ2v) is 6.31. The third kappa shape index (κ3) is 4.03. The number of fused-ring (bicyclic) bond motifs is 1. The van der Waals surface area contributed by atoms with Crippen molar-refractivity contribution in [1.29, 1.82) is 0 Å². The van der Waals surface area contributed by atoms with Crippen LogP contribution in [0.4, 0.5) is 0 Å². The molecule has 0 fully saturated rings. The molecule has 3 rings (SSSR count). The van der Waals surface area contributed by atoms with Gasteiger partial charge in [-0.15, -0.1) is 11.8 Å². The van der Waals surface area contributed by atoms with Crippen LogP contribution in [0.5, 0.6) is 0 Å². The number of amides is 1. The molecule has 1 aromatic carbocycles. The van der Waals surface area contributed by atoms with Crippen LogP contribution in [0, 0.1) is 0 Å². The fourth-order valence-electron chi connectivity index (χ4n) is 2.13. The number of hydrogen-bond donors (Lipinski definition) is 1. The summed E-state index contributed by atoms with van der Waals surface area (Å²) in [6.07, 6.45) is 6.95. The molecule has 3 aromatic rings. The monoisotopic (exact) mass is 346 g/mol. The maximum Gasteiger partial charge on any atom is 0.230 e. The predicted octanol–water partition coefficient (Wildman–Crippen LogP) is 2.93. The molecule has 0 atom stereocenters. The van der Waals surface area contributed by atoms with Crippen molar-refractivity contribution in [1.82, 2.24) is 19.7 Å². The Bertz CT molecular complexity index is 820. The van der Waals surface area contributed by atoms with E-state index in [0.29, 0.717) is 18.1 Å². The van der Waals surface area contributed by atoms with Crippen LogP contribution in [-0.2, 0) is 17.1 Å². The van der Waals surface area contributed by atoms with Gasteiger partial charge in [0.2, 0.25) is 5.91 Å². The summed E-state index contributed by atoms with van der Waals surface area (Å²) in [6, 6.07) is 7.67. The van der Waals surface area contributed by atoms with Gasteiger partial charge >= 0.3 is 0 Å². The van der Waals surface area contributed by atoms with Gasteiger partial charge in [0.1, 0.15) is 0 Å². The van der Waals surface area contributed by atoms with Gasteiger partial charge in [-0.1, -0.05) is 29.8 Å². The normalized spacial score (nSPS) is 10.8.